The van der Waals surface area contributed by atoms with E-state index in [9.17, 15) is 14.5 Å². The summed E-state index contributed by atoms with van der Waals surface area (Å²) in [4.78, 5) is 10.5. The number of nitrogens with zero attached hydrogens (tertiary/aromatic N) is 1. The Morgan fingerprint density at radius 2 is 2.05 bits per heavy atom. The van der Waals surface area contributed by atoms with E-state index in [0.717, 1.165) is 25.3 Å². The van der Waals surface area contributed by atoms with E-state index in [-0.39, 0.29) is 11.7 Å². The second kappa shape index (κ2) is 6.20. The van der Waals surface area contributed by atoms with E-state index in [4.69, 9.17) is 0 Å². The van der Waals surface area contributed by atoms with Gasteiger partial charge in [0.25, 0.3) is 5.69 Å². The van der Waals surface area contributed by atoms with E-state index in [1.165, 1.54) is 18.6 Å². The topological polar surface area (TPSA) is 55.2 Å². The lowest BCUT2D eigenvalue weighted by atomic mass is 9.77. The van der Waals surface area contributed by atoms with E-state index < -0.39 is 10.7 Å². The lowest BCUT2D eigenvalue weighted by Crippen LogP contribution is -2.35. The van der Waals surface area contributed by atoms with Gasteiger partial charge in [-0.05, 0) is 36.8 Å². The van der Waals surface area contributed by atoms with Crippen LogP contribution in [0.3, 0.4) is 0 Å². The Morgan fingerprint density at radius 1 is 1.35 bits per heavy atom. The quantitative estimate of drug-likeness (QED) is 0.658. The van der Waals surface area contributed by atoms with Crippen LogP contribution >= 0.6 is 0 Å². The average molecular weight is 280 g/mol. The minimum atomic E-state index is -0.577. The van der Waals surface area contributed by atoms with Gasteiger partial charge in [-0.25, -0.2) is 4.39 Å². The molecular formula is C15H21FN2O2. The SMILES string of the molecule is CC(C)C1CCCCC1Nc1ccc(F)cc1[N+](=O)[O-]. The van der Waals surface area contributed by atoms with Crippen LogP contribution in [-0.4, -0.2) is 11.0 Å². The first-order valence-corrected chi connectivity index (χ1v) is 7.19. The van der Waals surface area contributed by atoms with Crippen molar-refractivity contribution in [1.82, 2.24) is 0 Å². The van der Waals surface area contributed by atoms with Crippen molar-refractivity contribution in [2.24, 2.45) is 11.8 Å². The van der Waals surface area contributed by atoms with Crippen molar-refractivity contribution in [3.63, 3.8) is 0 Å². The molecule has 0 aromatic heterocycles. The van der Waals surface area contributed by atoms with Gasteiger partial charge in [0.15, 0.2) is 0 Å². The molecule has 1 aliphatic rings. The summed E-state index contributed by atoms with van der Waals surface area (Å²) in [7, 11) is 0. The number of nitrogens with one attached hydrogen (secondary N) is 1. The molecule has 4 nitrogen and oxygen atoms in total. The Bertz CT molecular complexity index is 491. The first-order valence-electron chi connectivity index (χ1n) is 7.19. The van der Waals surface area contributed by atoms with Gasteiger partial charge in [0.2, 0.25) is 0 Å². The summed E-state index contributed by atoms with van der Waals surface area (Å²) in [6.45, 7) is 4.37. The van der Waals surface area contributed by atoms with E-state index in [1.807, 2.05) is 0 Å². The molecule has 2 atom stereocenters. The molecule has 1 aromatic carbocycles. The zero-order chi connectivity index (χ0) is 14.7. The fraction of sp³-hybridized carbons (Fsp3) is 0.600. The van der Waals surface area contributed by atoms with Crippen molar-refractivity contribution in [3.8, 4) is 0 Å². The summed E-state index contributed by atoms with van der Waals surface area (Å²) in [5.74, 6) is 0.465. The Kier molecular flexibility index (Phi) is 4.57. The summed E-state index contributed by atoms with van der Waals surface area (Å²) in [5, 5.41) is 14.3. The molecule has 20 heavy (non-hydrogen) atoms. The highest BCUT2D eigenvalue weighted by Crippen LogP contribution is 2.34. The normalized spacial score (nSPS) is 22.8. The van der Waals surface area contributed by atoms with Crippen LogP contribution in [-0.2, 0) is 0 Å². The maximum atomic E-state index is 13.2. The number of hydrogen-bond acceptors (Lipinski definition) is 3. The molecule has 1 saturated carbocycles. The average Bonchev–Trinajstić information content (AvgIpc) is 2.41. The van der Waals surface area contributed by atoms with Gasteiger partial charge in [0, 0.05) is 6.04 Å². The highest BCUT2D eigenvalue weighted by Gasteiger charge is 2.29. The Morgan fingerprint density at radius 3 is 2.70 bits per heavy atom. The van der Waals surface area contributed by atoms with Crippen LogP contribution in [0.2, 0.25) is 0 Å². The largest absolute Gasteiger partial charge is 0.376 e. The molecule has 0 saturated heterocycles. The molecule has 2 unspecified atom stereocenters. The molecule has 0 radical (unpaired) electrons. The monoisotopic (exact) mass is 280 g/mol. The van der Waals surface area contributed by atoms with Crippen molar-refractivity contribution in [2.75, 3.05) is 5.32 Å². The van der Waals surface area contributed by atoms with Crippen LogP contribution in [0.25, 0.3) is 0 Å². The predicted molar refractivity (Wildman–Crippen MR) is 77.3 cm³/mol. The number of benzene rings is 1. The first kappa shape index (κ1) is 14.8. The molecule has 0 aliphatic heterocycles. The van der Waals surface area contributed by atoms with E-state index in [0.29, 0.717) is 17.5 Å². The Hall–Kier alpha value is -1.65. The van der Waals surface area contributed by atoms with Crippen LogP contribution < -0.4 is 5.32 Å². The smallest absolute Gasteiger partial charge is 0.295 e. The third kappa shape index (κ3) is 3.26. The zero-order valence-corrected chi connectivity index (χ0v) is 11.9. The summed E-state index contributed by atoms with van der Waals surface area (Å²) in [6, 6.07) is 3.95. The van der Waals surface area contributed by atoms with E-state index >= 15 is 0 Å². The maximum absolute atomic E-state index is 13.2. The van der Waals surface area contributed by atoms with Gasteiger partial charge in [-0.1, -0.05) is 26.7 Å². The Balaban J connectivity index is 2.22. The zero-order valence-electron chi connectivity index (χ0n) is 11.9. The number of hydrogen-bond donors (Lipinski definition) is 1. The fourth-order valence-electron chi connectivity index (χ4n) is 3.11. The molecule has 0 bridgehead atoms. The summed E-state index contributed by atoms with van der Waals surface area (Å²) in [6.07, 6.45) is 4.50. The second-order valence-electron chi connectivity index (χ2n) is 5.86. The van der Waals surface area contributed by atoms with Crippen LogP contribution in [0.5, 0.6) is 0 Å². The highest BCUT2D eigenvalue weighted by molar-refractivity contribution is 5.62. The van der Waals surface area contributed by atoms with Crippen molar-refractivity contribution in [3.05, 3.63) is 34.1 Å². The van der Waals surface area contributed by atoms with Gasteiger partial charge in [-0.3, -0.25) is 10.1 Å². The third-order valence-corrected chi connectivity index (χ3v) is 4.17. The van der Waals surface area contributed by atoms with Crippen molar-refractivity contribution in [1.29, 1.82) is 0 Å². The van der Waals surface area contributed by atoms with Gasteiger partial charge in [0.1, 0.15) is 11.5 Å². The van der Waals surface area contributed by atoms with Gasteiger partial charge in [-0.2, -0.15) is 0 Å². The number of nitro groups is 1. The second-order valence-corrected chi connectivity index (χ2v) is 5.86. The van der Waals surface area contributed by atoms with Crippen molar-refractivity contribution >= 4 is 11.4 Å². The van der Waals surface area contributed by atoms with Crippen molar-refractivity contribution in [2.45, 2.75) is 45.6 Å². The minimum Gasteiger partial charge on any atom is -0.376 e. The molecular weight excluding hydrogens is 259 g/mol. The van der Waals surface area contributed by atoms with Gasteiger partial charge in [-0.15, -0.1) is 0 Å². The summed E-state index contributed by atoms with van der Waals surface area (Å²) < 4.78 is 13.2. The molecule has 5 heteroatoms. The molecule has 0 spiro atoms. The molecule has 2 rings (SSSR count). The van der Waals surface area contributed by atoms with Gasteiger partial charge < -0.3 is 5.32 Å². The van der Waals surface area contributed by atoms with Crippen LogP contribution in [0, 0.1) is 27.8 Å². The highest BCUT2D eigenvalue weighted by atomic mass is 19.1. The first-order chi connectivity index (χ1) is 9.49. The van der Waals surface area contributed by atoms with E-state index in [2.05, 4.69) is 19.2 Å². The molecule has 0 amide bonds. The number of halogens is 1. The standard InChI is InChI=1S/C15H21FN2O2/c1-10(2)12-5-3-4-6-13(12)17-14-8-7-11(16)9-15(14)18(19)20/h7-10,12-13,17H,3-6H2,1-2H3. The van der Waals surface area contributed by atoms with E-state index in [1.54, 1.807) is 0 Å². The molecule has 110 valence electrons. The lowest BCUT2D eigenvalue weighted by molar-refractivity contribution is -0.384. The predicted octanol–water partition coefficient (Wildman–Crippen LogP) is 4.36. The van der Waals surface area contributed by atoms with Crippen LogP contribution in [0.1, 0.15) is 39.5 Å². The summed E-state index contributed by atoms with van der Waals surface area (Å²) in [5.41, 5.74) is 0.243. The number of anilines is 1. The molecule has 1 fully saturated rings. The van der Waals surface area contributed by atoms with Crippen molar-refractivity contribution < 1.29 is 9.31 Å². The third-order valence-electron chi connectivity index (χ3n) is 4.17. The summed E-state index contributed by atoms with van der Waals surface area (Å²) >= 11 is 0. The molecule has 0 heterocycles. The minimum absolute atomic E-state index is 0.182. The Labute approximate surface area is 118 Å². The maximum Gasteiger partial charge on any atom is 0.295 e. The van der Waals surface area contributed by atoms with Gasteiger partial charge in [0.05, 0.1) is 11.0 Å². The molecule has 1 aliphatic carbocycles. The lowest BCUT2D eigenvalue weighted by Gasteiger charge is -2.35. The molecule has 1 N–H and O–H groups in total. The molecule has 1 aromatic rings. The van der Waals surface area contributed by atoms with Gasteiger partial charge >= 0.3 is 0 Å². The fourth-order valence-corrected chi connectivity index (χ4v) is 3.11. The van der Waals surface area contributed by atoms with Crippen LogP contribution in [0.4, 0.5) is 15.8 Å². The number of rotatable bonds is 4. The van der Waals surface area contributed by atoms with Crippen LogP contribution in [0.15, 0.2) is 18.2 Å². The number of nitro benzene ring substituents is 1.